The van der Waals surface area contributed by atoms with Gasteiger partial charge in [0.2, 0.25) is 21.7 Å². The lowest BCUT2D eigenvalue weighted by Gasteiger charge is -2.07. The van der Waals surface area contributed by atoms with Crippen LogP contribution in [0.15, 0.2) is 51.5 Å². The molecule has 0 spiro atoms. The van der Waals surface area contributed by atoms with Crippen LogP contribution in [0.4, 0.5) is 4.39 Å². The summed E-state index contributed by atoms with van der Waals surface area (Å²) in [7, 11) is -3.85. The van der Waals surface area contributed by atoms with Crippen LogP contribution in [0.5, 0.6) is 0 Å². The summed E-state index contributed by atoms with van der Waals surface area (Å²) in [6.45, 7) is -0.213. The van der Waals surface area contributed by atoms with Crippen LogP contribution in [0.1, 0.15) is 11.5 Å². The van der Waals surface area contributed by atoms with E-state index in [2.05, 4.69) is 30.8 Å². The Morgan fingerprint density at radius 3 is 2.73 bits per heavy atom. The van der Waals surface area contributed by atoms with E-state index in [-0.39, 0.29) is 23.0 Å². The smallest absolute Gasteiger partial charge is 0.242 e. The van der Waals surface area contributed by atoms with E-state index in [0.717, 1.165) is 16.1 Å². The fraction of sp³-hybridized carbons (Fsp3) is 0.125. The van der Waals surface area contributed by atoms with Gasteiger partial charge in [-0.25, -0.2) is 17.5 Å². The van der Waals surface area contributed by atoms with Crippen molar-refractivity contribution in [3.05, 3.63) is 69.2 Å². The first-order valence-corrected chi connectivity index (χ1v) is 10.1. The quantitative estimate of drug-likeness (QED) is 0.603. The van der Waals surface area contributed by atoms with Crippen LogP contribution >= 0.6 is 27.5 Å². The first-order valence-electron chi connectivity index (χ1n) is 7.33. The Morgan fingerprint density at radius 1 is 1.23 bits per heavy atom. The van der Waals surface area contributed by atoms with E-state index in [1.165, 1.54) is 12.1 Å². The average molecular weight is 461 g/mol. The van der Waals surface area contributed by atoms with Crippen molar-refractivity contribution in [1.29, 1.82) is 0 Å². The van der Waals surface area contributed by atoms with E-state index in [4.69, 9.17) is 16.1 Å². The van der Waals surface area contributed by atoms with Crippen molar-refractivity contribution >= 4 is 37.6 Å². The lowest BCUT2D eigenvalue weighted by Crippen LogP contribution is -2.25. The molecule has 3 rings (SSSR count). The van der Waals surface area contributed by atoms with Crippen LogP contribution < -0.4 is 4.72 Å². The summed E-state index contributed by atoms with van der Waals surface area (Å²) in [6.07, 6.45) is 0. The fourth-order valence-corrected chi connectivity index (χ4v) is 3.98. The monoisotopic (exact) mass is 459 g/mol. The summed E-state index contributed by atoms with van der Waals surface area (Å²) in [5.74, 6) is -0.857. The molecule has 10 heteroatoms. The van der Waals surface area contributed by atoms with Crippen LogP contribution in [-0.2, 0) is 22.3 Å². The minimum absolute atomic E-state index is 0.0464. The third-order valence-corrected chi connectivity index (χ3v) is 5.49. The van der Waals surface area contributed by atoms with Gasteiger partial charge in [-0.2, -0.15) is 4.98 Å². The second-order valence-electron chi connectivity index (χ2n) is 5.30. The molecule has 1 heterocycles. The SMILES string of the molecule is O=S(=O)(Cc1c(F)cccc1Cl)NCc1nc(-c2cccc(Br)c2)no1. The van der Waals surface area contributed by atoms with Gasteiger partial charge in [0, 0.05) is 20.6 Å². The van der Waals surface area contributed by atoms with E-state index in [9.17, 15) is 12.8 Å². The predicted octanol–water partition coefficient (Wildman–Crippen LogP) is 3.91. The van der Waals surface area contributed by atoms with Gasteiger partial charge in [-0.05, 0) is 24.3 Å². The van der Waals surface area contributed by atoms with E-state index in [0.29, 0.717) is 5.82 Å². The number of hydrogen-bond donors (Lipinski definition) is 1. The number of hydrogen-bond acceptors (Lipinski definition) is 5. The zero-order chi connectivity index (χ0) is 18.7. The Kier molecular flexibility index (Phi) is 5.71. The molecule has 0 bridgehead atoms. The molecule has 0 aliphatic carbocycles. The summed E-state index contributed by atoms with van der Waals surface area (Å²) < 4.78 is 46.3. The second-order valence-corrected chi connectivity index (χ2v) is 8.43. The molecule has 1 aromatic heterocycles. The molecule has 0 fully saturated rings. The maximum Gasteiger partial charge on any atom is 0.242 e. The molecule has 0 unspecified atom stereocenters. The lowest BCUT2D eigenvalue weighted by atomic mass is 10.2. The zero-order valence-corrected chi connectivity index (χ0v) is 16.3. The van der Waals surface area contributed by atoms with Gasteiger partial charge >= 0.3 is 0 Å². The number of sulfonamides is 1. The molecule has 0 saturated carbocycles. The van der Waals surface area contributed by atoms with Gasteiger partial charge in [0.15, 0.2) is 0 Å². The summed E-state index contributed by atoms with van der Waals surface area (Å²) in [5, 5.41) is 3.86. The second kappa shape index (κ2) is 7.83. The fourth-order valence-electron chi connectivity index (χ4n) is 2.15. The minimum Gasteiger partial charge on any atom is -0.338 e. The summed E-state index contributed by atoms with van der Waals surface area (Å²) in [4.78, 5) is 4.14. The molecule has 6 nitrogen and oxygen atoms in total. The molecular formula is C16H12BrClFN3O3S. The van der Waals surface area contributed by atoms with Crippen LogP contribution in [-0.4, -0.2) is 18.6 Å². The molecule has 0 radical (unpaired) electrons. The van der Waals surface area contributed by atoms with E-state index in [1.54, 1.807) is 12.1 Å². The molecule has 26 heavy (non-hydrogen) atoms. The van der Waals surface area contributed by atoms with E-state index in [1.807, 2.05) is 12.1 Å². The van der Waals surface area contributed by atoms with Crippen molar-refractivity contribution in [2.75, 3.05) is 0 Å². The third-order valence-electron chi connectivity index (χ3n) is 3.39. The Hall–Kier alpha value is -1.81. The molecular weight excluding hydrogens is 449 g/mol. The predicted molar refractivity (Wildman–Crippen MR) is 98.3 cm³/mol. The standard InChI is InChI=1S/C16H12BrClFN3O3S/c17-11-4-1-3-10(7-11)16-21-15(25-22-16)8-20-26(23,24)9-12-13(18)5-2-6-14(12)19/h1-7,20H,8-9H2. The lowest BCUT2D eigenvalue weighted by molar-refractivity contribution is 0.376. The minimum atomic E-state index is -3.85. The largest absolute Gasteiger partial charge is 0.338 e. The molecule has 3 aromatic rings. The zero-order valence-electron chi connectivity index (χ0n) is 13.1. The van der Waals surface area contributed by atoms with Crippen LogP contribution in [0, 0.1) is 5.82 Å². The highest BCUT2D eigenvalue weighted by Crippen LogP contribution is 2.22. The third kappa shape index (κ3) is 4.67. The van der Waals surface area contributed by atoms with E-state index >= 15 is 0 Å². The molecule has 2 aromatic carbocycles. The van der Waals surface area contributed by atoms with Gasteiger partial charge in [0.05, 0.1) is 12.3 Å². The number of rotatable bonds is 6. The van der Waals surface area contributed by atoms with Gasteiger partial charge in [-0.3, -0.25) is 0 Å². The molecule has 0 aliphatic rings. The highest BCUT2D eigenvalue weighted by Gasteiger charge is 2.18. The highest BCUT2D eigenvalue weighted by atomic mass is 79.9. The van der Waals surface area contributed by atoms with Crippen LogP contribution in [0.2, 0.25) is 5.02 Å². The van der Waals surface area contributed by atoms with Crippen molar-refractivity contribution in [2.45, 2.75) is 12.3 Å². The Morgan fingerprint density at radius 2 is 2.00 bits per heavy atom. The van der Waals surface area contributed by atoms with Gasteiger partial charge in [0.1, 0.15) is 5.82 Å². The summed E-state index contributed by atoms with van der Waals surface area (Å²) >= 11 is 9.21. The first kappa shape index (κ1) is 19.0. The number of aromatic nitrogens is 2. The van der Waals surface area contributed by atoms with E-state index < -0.39 is 21.6 Å². The number of halogens is 3. The highest BCUT2D eigenvalue weighted by molar-refractivity contribution is 9.10. The summed E-state index contributed by atoms with van der Waals surface area (Å²) in [5.41, 5.74) is 0.623. The van der Waals surface area contributed by atoms with Crippen molar-refractivity contribution in [3.8, 4) is 11.4 Å². The van der Waals surface area contributed by atoms with Crippen molar-refractivity contribution in [3.63, 3.8) is 0 Å². The van der Waals surface area contributed by atoms with Crippen molar-refractivity contribution in [2.24, 2.45) is 0 Å². The Balaban J connectivity index is 1.69. The van der Waals surface area contributed by atoms with Crippen molar-refractivity contribution in [1.82, 2.24) is 14.9 Å². The maximum atomic E-state index is 13.7. The molecule has 0 amide bonds. The Labute approximate surface area is 162 Å². The van der Waals surface area contributed by atoms with Crippen molar-refractivity contribution < 1.29 is 17.3 Å². The molecule has 0 saturated heterocycles. The maximum absolute atomic E-state index is 13.7. The number of nitrogens with zero attached hydrogens (tertiary/aromatic N) is 2. The molecule has 136 valence electrons. The summed E-state index contributed by atoms with van der Waals surface area (Å²) in [6, 6.07) is 11.3. The van der Waals surface area contributed by atoms with Gasteiger partial charge < -0.3 is 4.52 Å². The first-order chi connectivity index (χ1) is 12.3. The van der Waals surface area contributed by atoms with Crippen LogP contribution in [0.25, 0.3) is 11.4 Å². The molecule has 0 aliphatic heterocycles. The van der Waals surface area contributed by atoms with Gasteiger partial charge in [-0.15, -0.1) is 0 Å². The van der Waals surface area contributed by atoms with Crippen LogP contribution in [0.3, 0.4) is 0 Å². The van der Waals surface area contributed by atoms with Gasteiger partial charge in [-0.1, -0.05) is 50.9 Å². The molecule has 1 N–H and O–H groups in total. The Bertz CT molecular complexity index is 1020. The van der Waals surface area contributed by atoms with Gasteiger partial charge in [0.25, 0.3) is 0 Å². The topological polar surface area (TPSA) is 85.1 Å². The average Bonchev–Trinajstić information content (AvgIpc) is 3.06. The number of nitrogens with one attached hydrogen (secondary N) is 1. The normalized spacial score (nSPS) is 11.7. The molecule has 0 atom stereocenters. The number of benzene rings is 2.